The van der Waals surface area contributed by atoms with Crippen molar-refractivity contribution in [2.45, 2.75) is 75.4 Å². The molecule has 1 fully saturated rings. The van der Waals surface area contributed by atoms with Crippen molar-refractivity contribution < 1.29 is 27.2 Å². The standard InChI is InChI=1S/C26H29F4N5O2/c1-15(22(32)36)18-8-9-19(33-13-18)16-4-6-17(7-5-16)21(26(28,29)30)34-20(12-24(2,3)27)23(37)35-25(14-31)10-11-25/h4-9,13,15,20-21,34H,10-12H2,1-3H3,(H2,32,36)(H,35,37)/t15?,20-,21-/m0/s1. The van der Waals surface area contributed by atoms with E-state index in [1.165, 1.54) is 44.3 Å². The second kappa shape index (κ2) is 10.5. The summed E-state index contributed by atoms with van der Waals surface area (Å²) in [5, 5.41) is 14.0. The third-order valence-electron chi connectivity index (χ3n) is 6.28. The maximum atomic E-state index is 14.4. The minimum atomic E-state index is -4.79. The van der Waals surface area contributed by atoms with E-state index in [0.29, 0.717) is 29.7 Å². The summed E-state index contributed by atoms with van der Waals surface area (Å²) >= 11 is 0. The summed E-state index contributed by atoms with van der Waals surface area (Å²) in [6.45, 7) is 3.98. The second-order valence-corrected chi connectivity index (χ2v) is 10.0. The van der Waals surface area contributed by atoms with Gasteiger partial charge in [-0.3, -0.25) is 19.9 Å². The number of alkyl halides is 4. The number of aromatic nitrogens is 1. The molecule has 1 aliphatic carbocycles. The van der Waals surface area contributed by atoms with Crippen molar-refractivity contribution in [3.8, 4) is 17.3 Å². The van der Waals surface area contributed by atoms with E-state index in [-0.39, 0.29) is 5.56 Å². The first kappa shape index (κ1) is 28.1. The SMILES string of the molecule is CC(C(N)=O)c1ccc(-c2ccc([C@H](N[C@@H](CC(C)(C)F)C(=O)NC3(C#N)CC3)C(F)(F)F)cc2)nc1. The van der Waals surface area contributed by atoms with E-state index in [4.69, 9.17) is 5.73 Å². The number of rotatable bonds is 10. The topological polar surface area (TPSA) is 121 Å². The number of nitriles is 1. The van der Waals surface area contributed by atoms with Crippen molar-refractivity contribution >= 4 is 11.8 Å². The number of nitrogens with zero attached hydrogens (tertiary/aromatic N) is 2. The average Bonchev–Trinajstić information content (AvgIpc) is 3.59. The predicted octanol–water partition coefficient (Wildman–Crippen LogP) is 4.21. The zero-order valence-electron chi connectivity index (χ0n) is 20.7. The zero-order chi connectivity index (χ0) is 27.6. The number of pyridine rings is 1. The third kappa shape index (κ3) is 7.26. The van der Waals surface area contributed by atoms with Crippen molar-refractivity contribution in [2.24, 2.45) is 5.73 Å². The maximum absolute atomic E-state index is 14.4. The van der Waals surface area contributed by atoms with Crippen molar-refractivity contribution in [3.05, 3.63) is 53.7 Å². The smallest absolute Gasteiger partial charge is 0.369 e. The maximum Gasteiger partial charge on any atom is 0.407 e. The number of benzene rings is 1. The number of carbonyl (C=O) groups is 2. The van der Waals surface area contributed by atoms with Crippen LogP contribution in [-0.2, 0) is 9.59 Å². The summed E-state index contributed by atoms with van der Waals surface area (Å²) in [6.07, 6.45) is -3.06. The molecule has 7 nitrogen and oxygen atoms in total. The van der Waals surface area contributed by atoms with Gasteiger partial charge in [0.2, 0.25) is 11.8 Å². The lowest BCUT2D eigenvalue weighted by Crippen LogP contribution is -2.53. The lowest BCUT2D eigenvalue weighted by molar-refractivity contribution is -0.161. The zero-order valence-corrected chi connectivity index (χ0v) is 20.7. The first-order chi connectivity index (χ1) is 17.1. The fraction of sp³-hybridized carbons (Fsp3) is 0.462. The Kier molecular flexibility index (Phi) is 7.93. The Hall–Kier alpha value is -3.52. The monoisotopic (exact) mass is 519 g/mol. The van der Waals surface area contributed by atoms with Gasteiger partial charge in [-0.05, 0) is 50.8 Å². The number of primary amides is 1. The summed E-state index contributed by atoms with van der Waals surface area (Å²) in [5.41, 5.74) is 3.70. The molecule has 198 valence electrons. The number of hydrogen-bond donors (Lipinski definition) is 3. The molecule has 1 saturated carbocycles. The van der Waals surface area contributed by atoms with Crippen molar-refractivity contribution in [1.82, 2.24) is 15.6 Å². The van der Waals surface area contributed by atoms with Gasteiger partial charge in [-0.2, -0.15) is 18.4 Å². The van der Waals surface area contributed by atoms with Gasteiger partial charge in [-0.1, -0.05) is 30.3 Å². The van der Waals surface area contributed by atoms with E-state index in [0.717, 1.165) is 0 Å². The van der Waals surface area contributed by atoms with Gasteiger partial charge in [0.05, 0.1) is 23.7 Å². The summed E-state index contributed by atoms with van der Waals surface area (Å²) < 4.78 is 56.7. The van der Waals surface area contributed by atoms with Crippen LogP contribution in [0.3, 0.4) is 0 Å². The van der Waals surface area contributed by atoms with Crippen molar-refractivity contribution in [3.63, 3.8) is 0 Å². The van der Waals surface area contributed by atoms with Crippen LogP contribution in [0.1, 0.15) is 63.1 Å². The van der Waals surface area contributed by atoms with Gasteiger partial charge in [0, 0.05) is 18.2 Å². The van der Waals surface area contributed by atoms with Gasteiger partial charge in [0.25, 0.3) is 0 Å². The minimum Gasteiger partial charge on any atom is -0.369 e. The van der Waals surface area contributed by atoms with E-state index in [1.54, 1.807) is 19.1 Å². The van der Waals surface area contributed by atoms with Crippen LogP contribution in [0.4, 0.5) is 17.6 Å². The fourth-order valence-electron chi connectivity index (χ4n) is 3.85. The van der Waals surface area contributed by atoms with Crippen LogP contribution in [0.2, 0.25) is 0 Å². The molecule has 1 aromatic carbocycles. The Morgan fingerprint density at radius 1 is 1.11 bits per heavy atom. The van der Waals surface area contributed by atoms with Crippen LogP contribution in [0, 0.1) is 11.3 Å². The van der Waals surface area contributed by atoms with Gasteiger partial charge in [-0.15, -0.1) is 0 Å². The van der Waals surface area contributed by atoms with E-state index in [1.807, 2.05) is 6.07 Å². The molecule has 1 unspecified atom stereocenters. The molecular weight excluding hydrogens is 490 g/mol. The number of amides is 2. The quantitative estimate of drug-likeness (QED) is 0.406. The first-order valence-corrected chi connectivity index (χ1v) is 11.7. The highest BCUT2D eigenvalue weighted by Crippen LogP contribution is 2.37. The molecule has 4 N–H and O–H groups in total. The molecule has 3 atom stereocenters. The van der Waals surface area contributed by atoms with Gasteiger partial charge < -0.3 is 11.1 Å². The van der Waals surface area contributed by atoms with Crippen LogP contribution in [0.25, 0.3) is 11.3 Å². The Bertz CT molecular complexity index is 1160. The summed E-state index contributed by atoms with van der Waals surface area (Å²) in [4.78, 5) is 28.4. The van der Waals surface area contributed by atoms with Gasteiger partial charge in [0.15, 0.2) is 0 Å². The molecule has 1 heterocycles. The fourth-order valence-corrected chi connectivity index (χ4v) is 3.85. The van der Waals surface area contributed by atoms with Crippen molar-refractivity contribution in [2.75, 3.05) is 0 Å². The molecule has 2 aromatic rings. The molecule has 2 amide bonds. The van der Waals surface area contributed by atoms with Gasteiger partial charge in [-0.25, -0.2) is 4.39 Å². The number of halogens is 4. The molecule has 0 radical (unpaired) electrons. The Morgan fingerprint density at radius 2 is 1.70 bits per heavy atom. The lowest BCUT2D eigenvalue weighted by atomic mass is 9.96. The van der Waals surface area contributed by atoms with Crippen LogP contribution < -0.4 is 16.4 Å². The lowest BCUT2D eigenvalue weighted by Gasteiger charge is -2.30. The minimum absolute atomic E-state index is 0.175. The van der Waals surface area contributed by atoms with E-state index in [2.05, 4.69) is 15.6 Å². The molecular formula is C26H29F4N5O2. The Morgan fingerprint density at radius 3 is 2.14 bits per heavy atom. The molecule has 0 aliphatic heterocycles. The Balaban J connectivity index is 1.84. The molecule has 11 heteroatoms. The summed E-state index contributed by atoms with van der Waals surface area (Å²) in [6, 6.07) is 6.89. The second-order valence-electron chi connectivity index (χ2n) is 10.0. The number of hydrogen-bond acceptors (Lipinski definition) is 5. The third-order valence-corrected chi connectivity index (χ3v) is 6.28. The molecule has 37 heavy (non-hydrogen) atoms. The summed E-state index contributed by atoms with van der Waals surface area (Å²) in [7, 11) is 0. The van der Waals surface area contributed by atoms with E-state index in [9.17, 15) is 32.4 Å². The number of carbonyl (C=O) groups excluding carboxylic acids is 2. The van der Waals surface area contributed by atoms with Gasteiger partial charge in [0.1, 0.15) is 17.2 Å². The van der Waals surface area contributed by atoms with E-state index < -0.39 is 53.6 Å². The van der Waals surface area contributed by atoms with Gasteiger partial charge >= 0.3 is 6.18 Å². The normalized spacial score (nSPS) is 17.2. The van der Waals surface area contributed by atoms with Crippen molar-refractivity contribution in [1.29, 1.82) is 5.26 Å². The largest absolute Gasteiger partial charge is 0.407 e. The Labute approximate surface area is 212 Å². The number of nitrogens with two attached hydrogens (primary N) is 1. The molecule has 1 aliphatic rings. The average molecular weight is 520 g/mol. The highest BCUT2D eigenvalue weighted by Gasteiger charge is 2.48. The molecule has 0 bridgehead atoms. The van der Waals surface area contributed by atoms with Crippen LogP contribution in [-0.4, -0.2) is 40.2 Å². The molecule has 0 spiro atoms. The predicted molar refractivity (Wildman–Crippen MR) is 129 cm³/mol. The van der Waals surface area contributed by atoms with Crippen LogP contribution in [0.15, 0.2) is 42.6 Å². The highest BCUT2D eigenvalue weighted by atomic mass is 19.4. The molecule has 3 rings (SSSR count). The van der Waals surface area contributed by atoms with E-state index >= 15 is 0 Å². The van der Waals surface area contributed by atoms with Crippen LogP contribution >= 0.6 is 0 Å². The highest BCUT2D eigenvalue weighted by molar-refractivity contribution is 5.83. The van der Waals surface area contributed by atoms with Crippen LogP contribution in [0.5, 0.6) is 0 Å². The number of nitrogens with one attached hydrogen (secondary N) is 2. The molecule has 1 aromatic heterocycles. The summed E-state index contributed by atoms with van der Waals surface area (Å²) in [5.74, 6) is -1.90. The molecule has 0 saturated heterocycles. The first-order valence-electron chi connectivity index (χ1n) is 11.7.